The zero-order valence-electron chi connectivity index (χ0n) is 20.4. The van der Waals surface area contributed by atoms with Gasteiger partial charge in [0.1, 0.15) is 13.2 Å². The Kier molecular flexibility index (Phi) is 8.74. The minimum atomic E-state index is -0.460. The molecular weight excluding hydrogens is 544 g/mol. The Hall–Kier alpha value is -2.78. The summed E-state index contributed by atoms with van der Waals surface area (Å²) in [7, 11) is 1.55. The van der Waals surface area contributed by atoms with Gasteiger partial charge in [-0.3, -0.25) is 19.3 Å². The number of halogens is 1. The molecule has 0 bridgehead atoms. The number of thioether (sulfide) groups is 1. The second-order valence-electron chi connectivity index (χ2n) is 8.86. The van der Waals surface area contributed by atoms with Crippen LogP contribution in [0.1, 0.15) is 42.4 Å². The Balaban J connectivity index is 1.47. The molecule has 2 aliphatic rings. The summed E-state index contributed by atoms with van der Waals surface area (Å²) in [5.74, 6) is 0.419. The van der Waals surface area contributed by atoms with Gasteiger partial charge in [-0.15, -0.1) is 0 Å². The molecule has 2 saturated heterocycles. The van der Waals surface area contributed by atoms with Crippen LogP contribution in [-0.2, 0) is 16.2 Å². The van der Waals surface area contributed by atoms with Crippen molar-refractivity contribution in [3.63, 3.8) is 0 Å². The zero-order chi connectivity index (χ0) is 25.7. The van der Waals surface area contributed by atoms with Crippen LogP contribution in [0.4, 0.5) is 4.79 Å². The predicted octanol–water partition coefficient (Wildman–Crippen LogP) is 5.78. The molecule has 0 saturated carbocycles. The largest absolute Gasteiger partial charge is 0.493 e. The van der Waals surface area contributed by atoms with Gasteiger partial charge in [-0.25, -0.2) is 0 Å². The highest BCUT2D eigenvalue weighted by Crippen LogP contribution is 2.38. The second-order valence-corrected chi connectivity index (χ2v) is 10.7. The lowest BCUT2D eigenvalue weighted by Crippen LogP contribution is -2.42. The number of carbonyl (C=O) groups is 3. The number of likely N-dealkylation sites (tertiary alicyclic amines) is 1. The molecule has 0 unspecified atom stereocenters. The van der Waals surface area contributed by atoms with Crippen molar-refractivity contribution >= 4 is 50.8 Å². The van der Waals surface area contributed by atoms with Gasteiger partial charge in [0.05, 0.1) is 12.0 Å². The first-order valence-electron chi connectivity index (χ1n) is 11.9. The van der Waals surface area contributed by atoms with E-state index in [1.54, 1.807) is 30.2 Å². The molecule has 2 fully saturated rings. The maximum Gasteiger partial charge on any atom is 0.294 e. The number of benzene rings is 2. The Morgan fingerprint density at radius 3 is 2.42 bits per heavy atom. The smallest absolute Gasteiger partial charge is 0.294 e. The van der Waals surface area contributed by atoms with E-state index in [9.17, 15) is 14.4 Å². The Morgan fingerprint density at radius 2 is 1.75 bits per heavy atom. The minimum Gasteiger partial charge on any atom is -0.493 e. The number of nitrogens with zero attached hydrogens (tertiary/aromatic N) is 2. The van der Waals surface area contributed by atoms with Gasteiger partial charge in [0.15, 0.2) is 11.5 Å². The fraction of sp³-hybridized carbons (Fsp3) is 0.370. The van der Waals surface area contributed by atoms with Gasteiger partial charge in [-0.1, -0.05) is 58.6 Å². The molecule has 190 valence electrons. The number of ether oxygens (including phenoxy) is 2. The monoisotopic (exact) mass is 572 g/mol. The summed E-state index contributed by atoms with van der Waals surface area (Å²) in [6.07, 6.45) is 5.74. The van der Waals surface area contributed by atoms with Crippen molar-refractivity contribution in [2.24, 2.45) is 0 Å². The average molecular weight is 574 g/mol. The molecule has 9 heteroatoms. The van der Waals surface area contributed by atoms with Crippen molar-refractivity contribution in [1.82, 2.24) is 9.80 Å². The van der Waals surface area contributed by atoms with Crippen LogP contribution in [0.15, 0.2) is 45.8 Å². The quantitative estimate of drug-likeness (QED) is 0.391. The van der Waals surface area contributed by atoms with E-state index >= 15 is 0 Å². The topological polar surface area (TPSA) is 76.2 Å². The van der Waals surface area contributed by atoms with Crippen LogP contribution in [0.2, 0.25) is 0 Å². The molecule has 2 aromatic carbocycles. The van der Waals surface area contributed by atoms with Crippen LogP contribution in [0.5, 0.6) is 11.5 Å². The van der Waals surface area contributed by atoms with Crippen molar-refractivity contribution in [3.05, 3.63) is 62.5 Å². The van der Waals surface area contributed by atoms with Crippen molar-refractivity contribution in [2.45, 2.75) is 39.2 Å². The Morgan fingerprint density at radius 1 is 1.06 bits per heavy atom. The molecule has 2 aromatic rings. The maximum atomic E-state index is 13.0. The standard InChI is InChI=1S/C27H29BrN2O5S/c1-18-7-9-19(10-8-18)17-35-23-15-21(28)20(13-22(23)34-2)14-24-26(32)30(27(33)36-24)16-25(31)29-11-5-3-4-6-12-29/h7-10,13-15H,3-6,11-12,16-17H2,1-2H3. The van der Waals surface area contributed by atoms with E-state index < -0.39 is 11.1 Å². The summed E-state index contributed by atoms with van der Waals surface area (Å²) in [6, 6.07) is 11.6. The Bertz CT molecular complexity index is 1170. The molecule has 7 nitrogen and oxygen atoms in total. The number of carbonyl (C=O) groups excluding carboxylic acids is 3. The summed E-state index contributed by atoms with van der Waals surface area (Å²) >= 11 is 4.38. The van der Waals surface area contributed by atoms with Gasteiger partial charge in [0, 0.05) is 17.6 Å². The van der Waals surface area contributed by atoms with E-state index in [2.05, 4.69) is 15.9 Å². The lowest BCUT2D eigenvalue weighted by atomic mass is 10.1. The van der Waals surface area contributed by atoms with Crippen molar-refractivity contribution in [2.75, 3.05) is 26.7 Å². The van der Waals surface area contributed by atoms with Gasteiger partial charge in [-0.05, 0) is 60.9 Å². The zero-order valence-corrected chi connectivity index (χ0v) is 22.8. The number of imide groups is 1. The van der Waals surface area contributed by atoms with Gasteiger partial charge < -0.3 is 14.4 Å². The molecule has 0 spiro atoms. The summed E-state index contributed by atoms with van der Waals surface area (Å²) in [5.41, 5.74) is 2.88. The molecule has 2 heterocycles. The molecule has 0 aliphatic carbocycles. The fourth-order valence-electron chi connectivity index (χ4n) is 4.11. The number of rotatable bonds is 7. The van der Waals surface area contributed by atoms with E-state index in [-0.39, 0.29) is 17.4 Å². The first-order chi connectivity index (χ1) is 17.4. The van der Waals surface area contributed by atoms with Crippen LogP contribution in [0.25, 0.3) is 6.08 Å². The van der Waals surface area contributed by atoms with E-state index in [4.69, 9.17) is 9.47 Å². The molecule has 0 radical (unpaired) electrons. The SMILES string of the molecule is COc1cc(C=C2SC(=O)N(CC(=O)N3CCCCCC3)C2=O)c(Br)cc1OCc1ccc(C)cc1. The van der Waals surface area contributed by atoms with Crippen LogP contribution in [0.3, 0.4) is 0 Å². The molecule has 4 rings (SSSR count). The van der Waals surface area contributed by atoms with E-state index in [1.165, 1.54) is 5.56 Å². The first-order valence-corrected chi connectivity index (χ1v) is 13.6. The van der Waals surface area contributed by atoms with Gasteiger partial charge in [0.2, 0.25) is 5.91 Å². The minimum absolute atomic E-state index is 0.182. The normalized spacial score (nSPS) is 17.5. The van der Waals surface area contributed by atoms with Crippen molar-refractivity contribution in [1.29, 1.82) is 0 Å². The molecule has 36 heavy (non-hydrogen) atoms. The third-order valence-electron chi connectivity index (χ3n) is 6.21. The second kappa shape index (κ2) is 12.0. The molecule has 0 aromatic heterocycles. The first kappa shape index (κ1) is 26.3. The van der Waals surface area contributed by atoms with Crippen LogP contribution in [-0.4, -0.2) is 53.6 Å². The molecule has 3 amide bonds. The summed E-state index contributed by atoms with van der Waals surface area (Å²) in [6.45, 7) is 3.54. The van der Waals surface area contributed by atoms with Crippen LogP contribution < -0.4 is 9.47 Å². The van der Waals surface area contributed by atoms with Crippen LogP contribution in [0, 0.1) is 6.92 Å². The number of amides is 3. The van der Waals surface area contributed by atoms with Crippen molar-refractivity contribution in [3.8, 4) is 11.5 Å². The highest BCUT2D eigenvalue weighted by molar-refractivity contribution is 9.10. The number of aryl methyl sites for hydroxylation is 1. The van der Waals surface area contributed by atoms with Crippen LogP contribution >= 0.6 is 27.7 Å². The molecule has 0 N–H and O–H groups in total. The molecular formula is C27H29BrN2O5S. The lowest BCUT2D eigenvalue weighted by Gasteiger charge is -2.22. The fourth-order valence-corrected chi connectivity index (χ4v) is 5.38. The number of hydrogen-bond acceptors (Lipinski definition) is 6. The highest BCUT2D eigenvalue weighted by atomic mass is 79.9. The number of hydrogen-bond donors (Lipinski definition) is 0. The van der Waals surface area contributed by atoms with Crippen molar-refractivity contribution < 1.29 is 23.9 Å². The average Bonchev–Trinajstić information content (AvgIpc) is 3.05. The van der Waals surface area contributed by atoms with E-state index in [0.29, 0.717) is 41.2 Å². The number of methoxy groups -OCH3 is 1. The van der Waals surface area contributed by atoms with Gasteiger partial charge >= 0.3 is 0 Å². The Labute approximate surface area is 223 Å². The maximum absolute atomic E-state index is 13.0. The summed E-state index contributed by atoms with van der Waals surface area (Å²) in [5, 5.41) is -0.435. The predicted molar refractivity (Wildman–Crippen MR) is 144 cm³/mol. The molecule has 2 aliphatic heterocycles. The third-order valence-corrected chi connectivity index (χ3v) is 7.80. The van der Waals surface area contributed by atoms with E-state index in [1.807, 2.05) is 31.2 Å². The van der Waals surface area contributed by atoms with Gasteiger partial charge in [0.25, 0.3) is 11.1 Å². The highest BCUT2D eigenvalue weighted by Gasteiger charge is 2.37. The molecule has 0 atom stereocenters. The lowest BCUT2D eigenvalue weighted by molar-refractivity contribution is -0.135. The third kappa shape index (κ3) is 6.31. The van der Waals surface area contributed by atoms with Gasteiger partial charge in [-0.2, -0.15) is 0 Å². The summed E-state index contributed by atoms with van der Waals surface area (Å²) in [4.78, 5) is 41.4. The summed E-state index contributed by atoms with van der Waals surface area (Å²) < 4.78 is 12.2. The van der Waals surface area contributed by atoms with E-state index in [0.717, 1.165) is 47.9 Å².